The second kappa shape index (κ2) is 5.96. The number of carbonyl (C=O) groups is 1. The highest BCUT2D eigenvalue weighted by Crippen LogP contribution is 2.20. The minimum atomic E-state index is -0.0247. The maximum absolute atomic E-state index is 12.9. The maximum Gasteiger partial charge on any atom is 0.272 e. The number of hydrogen-bond donors (Lipinski definition) is 0. The average molecular weight is 322 g/mol. The van der Waals surface area contributed by atoms with E-state index >= 15 is 0 Å². The molecule has 0 aliphatic carbocycles. The zero-order valence-electron chi connectivity index (χ0n) is 13.4. The van der Waals surface area contributed by atoms with E-state index in [4.69, 9.17) is 4.74 Å². The highest BCUT2D eigenvalue weighted by molar-refractivity contribution is 5.94. The molecule has 1 amide bonds. The third-order valence-corrected chi connectivity index (χ3v) is 4.26. The second-order valence-corrected chi connectivity index (χ2v) is 5.92. The first kappa shape index (κ1) is 14.7. The Bertz CT molecular complexity index is 875. The molecule has 1 aliphatic rings. The standard InChI is InChI=1S/C18H18N4O2/c1-13-17(22-10-5-3-6-15(22)20-13)18(23)21-11-8-14(12-21)24-16-7-2-4-9-19-16/h2-7,9-10,14H,8,11-12H2,1H3. The first-order valence-corrected chi connectivity index (χ1v) is 8.03. The van der Waals surface area contributed by atoms with Crippen LogP contribution in [-0.2, 0) is 0 Å². The smallest absolute Gasteiger partial charge is 0.272 e. The van der Waals surface area contributed by atoms with Gasteiger partial charge in [0, 0.05) is 31.4 Å². The summed E-state index contributed by atoms with van der Waals surface area (Å²) >= 11 is 0. The van der Waals surface area contributed by atoms with Crippen LogP contribution in [0.3, 0.4) is 0 Å². The van der Waals surface area contributed by atoms with Gasteiger partial charge in [-0.2, -0.15) is 0 Å². The molecule has 6 nitrogen and oxygen atoms in total. The van der Waals surface area contributed by atoms with Gasteiger partial charge in [0.05, 0.1) is 12.2 Å². The van der Waals surface area contributed by atoms with Crippen molar-refractivity contribution in [2.45, 2.75) is 19.4 Å². The molecule has 0 N–H and O–H groups in total. The number of ether oxygens (including phenoxy) is 1. The Morgan fingerprint density at radius 2 is 2.12 bits per heavy atom. The number of imidazole rings is 1. The van der Waals surface area contributed by atoms with Gasteiger partial charge in [0.2, 0.25) is 5.88 Å². The molecule has 24 heavy (non-hydrogen) atoms. The van der Waals surface area contributed by atoms with Gasteiger partial charge in [0.25, 0.3) is 5.91 Å². The van der Waals surface area contributed by atoms with E-state index in [-0.39, 0.29) is 12.0 Å². The second-order valence-electron chi connectivity index (χ2n) is 5.92. The van der Waals surface area contributed by atoms with Gasteiger partial charge in [0.1, 0.15) is 17.4 Å². The molecule has 0 radical (unpaired) electrons. The number of aromatic nitrogens is 3. The van der Waals surface area contributed by atoms with Crippen molar-refractivity contribution in [1.29, 1.82) is 0 Å². The molecule has 3 aromatic heterocycles. The predicted molar refractivity (Wildman–Crippen MR) is 89.1 cm³/mol. The molecule has 6 heteroatoms. The summed E-state index contributed by atoms with van der Waals surface area (Å²) in [5, 5.41) is 0. The number of hydrogen-bond acceptors (Lipinski definition) is 4. The molecule has 0 aromatic carbocycles. The summed E-state index contributed by atoms with van der Waals surface area (Å²) in [4.78, 5) is 23.4. The highest BCUT2D eigenvalue weighted by Gasteiger charge is 2.31. The Morgan fingerprint density at radius 3 is 2.96 bits per heavy atom. The monoisotopic (exact) mass is 322 g/mol. The molecule has 1 aliphatic heterocycles. The lowest BCUT2D eigenvalue weighted by Gasteiger charge is -2.17. The molecule has 4 heterocycles. The first-order chi connectivity index (χ1) is 11.7. The van der Waals surface area contributed by atoms with E-state index in [1.165, 1.54) is 0 Å². The number of amides is 1. The zero-order chi connectivity index (χ0) is 16.5. The van der Waals surface area contributed by atoms with E-state index in [9.17, 15) is 4.79 Å². The van der Waals surface area contributed by atoms with Gasteiger partial charge < -0.3 is 9.64 Å². The van der Waals surface area contributed by atoms with Crippen LogP contribution >= 0.6 is 0 Å². The fourth-order valence-electron chi connectivity index (χ4n) is 3.12. The van der Waals surface area contributed by atoms with Gasteiger partial charge in [-0.05, 0) is 25.1 Å². The molecule has 1 atom stereocenters. The summed E-state index contributed by atoms with van der Waals surface area (Å²) < 4.78 is 7.72. The topological polar surface area (TPSA) is 59.7 Å². The van der Waals surface area contributed by atoms with Crippen LogP contribution in [0.2, 0.25) is 0 Å². The zero-order valence-corrected chi connectivity index (χ0v) is 13.4. The number of carbonyl (C=O) groups excluding carboxylic acids is 1. The minimum absolute atomic E-state index is 0.00155. The number of pyridine rings is 2. The quantitative estimate of drug-likeness (QED) is 0.742. The van der Waals surface area contributed by atoms with Gasteiger partial charge in [-0.15, -0.1) is 0 Å². The number of aryl methyl sites for hydroxylation is 1. The van der Waals surface area contributed by atoms with Crippen LogP contribution in [0, 0.1) is 6.92 Å². The van der Waals surface area contributed by atoms with Gasteiger partial charge in [-0.25, -0.2) is 9.97 Å². The number of fused-ring (bicyclic) bond motifs is 1. The lowest BCUT2D eigenvalue weighted by molar-refractivity contribution is 0.0763. The molecule has 1 fully saturated rings. The van der Waals surface area contributed by atoms with Crippen molar-refractivity contribution in [1.82, 2.24) is 19.3 Å². The lowest BCUT2D eigenvalue weighted by atomic mass is 10.3. The summed E-state index contributed by atoms with van der Waals surface area (Å²) in [6.07, 6.45) is 4.36. The molecule has 0 spiro atoms. The first-order valence-electron chi connectivity index (χ1n) is 8.03. The van der Waals surface area contributed by atoms with E-state index in [0.717, 1.165) is 17.8 Å². The molecule has 122 valence electrons. The summed E-state index contributed by atoms with van der Waals surface area (Å²) in [5.41, 5.74) is 2.17. The van der Waals surface area contributed by atoms with Gasteiger partial charge in [-0.1, -0.05) is 12.1 Å². The minimum Gasteiger partial charge on any atom is -0.472 e. The summed E-state index contributed by atoms with van der Waals surface area (Å²) in [6.45, 7) is 3.11. The number of nitrogens with zero attached hydrogens (tertiary/aromatic N) is 4. The van der Waals surface area contributed by atoms with Crippen LogP contribution in [0.25, 0.3) is 5.65 Å². The molecule has 1 unspecified atom stereocenters. The Labute approximate surface area is 139 Å². The lowest BCUT2D eigenvalue weighted by Crippen LogP contribution is -2.32. The molecule has 1 saturated heterocycles. The van der Waals surface area contributed by atoms with E-state index < -0.39 is 0 Å². The molecular formula is C18H18N4O2. The summed E-state index contributed by atoms with van der Waals surface area (Å²) in [5.74, 6) is 0.598. The summed E-state index contributed by atoms with van der Waals surface area (Å²) in [6, 6.07) is 11.3. The fraction of sp³-hybridized carbons (Fsp3) is 0.278. The number of likely N-dealkylation sites (tertiary alicyclic amines) is 1. The van der Waals surface area contributed by atoms with Crippen molar-refractivity contribution >= 4 is 11.6 Å². The molecular weight excluding hydrogens is 304 g/mol. The molecule has 0 saturated carbocycles. The Balaban J connectivity index is 1.52. The molecule has 4 rings (SSSR count). The van der Waals surface area contributed by atoms with E-state index in [2.05, 4.69) is 9.97 Å². The van der Waals surface area contributed by atoms with E-state index in [1.807, 2.05) is 58.8 Å². The van der Waals surface area contributed by atoms with Crippen molar-refractivity contribution in [2.24, 2.45) is 0 Å². The largest absolute Gasteiger partial charge is 0.472 e. The third-order valence-electron chi connectivity index (χ3n) is 4.26. The Hall–Kier alpha value is -2.89. The third kappa shape index (κ3) is 2.60. The van der Waals surface area contributed by atoms with Crippen LogP contribution in [0.15, 0.2) is 48.8 Å². The van der Waals surface area contributed by atoms with Crippen molar-refractivity contribution < 1.29 is 9.53 Å². The number of rotatable bonds is 3. The van der Waals surface area contributed by atoms with Crippen molar-refractivity contribution in [3.05, 3.63) is 60.2 Å². The van der Waals surface area contributed by atoms with E-state index in [1.54, 1.807) is 6.20 Å². The van der Waals surface area contributed by atoms with Gasteiger partial charge in [-0.3, -0.25) is 9.20 Å². The molecule has 3 aromatic rings. The van der Waals surface area contributed by atoms with Crippen LogP contribution in [0.4, 0.5) is 0 Å². The van der Waals surface area contributed by atoms with Crippen molar-refractivity contribution in [2.75, 3.05) is 13.1 Å². The maximum atomic E-state index is 12.9. The summed E-state index contributed by atoms with van der Waals surface area (Å²) in [7, 11) is 0. The van der Waals surface area contributed by atoms with Crippen LogP contribution in [0.1, 0.15) is 22.6 Å². The van der Waals surface area contributed by atoms with Crippen molar-refractivity contribution in [3.8, 4) is 5.88 Å². The van der Waals surface area contributed by atoms with Crippen molar-refractivity contribution in [3.63, 3.8) is 0 Å². The fourth-order valence-corrected chi connectivity index (χ4v) is 3.12. The van der Waals surface area contributed by atoms with Gasteiger partial charge >= 0.3 is 0 Å². The normalized spacial score (nSPS) is 17.4. The van der Waals surface area contributed by atoms with Crippen LogP contribution in [-0.4, -0.2) is 44.4 Å². The predicted octanol–water partition coefficient (Wildman–Crippen LogP) is 2.33. The highest BCUT2D eigenvalue weighted by atomic mass is 16.5. The Morgan fingerprint density at radius 1 is 1.25 bits per heavy atom. The SMILES string of the molecule is Cc1nc2ccccn2c1C(=O)N1CCC(Oc2ccccn2)C1. The Kier molecular flexibility index (Phi) is 3.65. The van der Waals surface area contributed by atoms with Gasteiger partial charge in [0.15, 0.2) is 0 Å². The average Bonchev–Trinajstić information content (AvgIpc) is 3.19. The van der Waals surface area contributed by atoms with E-state index in [0.29, 0.717) is 24.7 Å². The van der Waals surface area contributed by atoms with Crippen LogP contribution in [0.5, 0.6) is 5.88 Å². The van der Waals surface area contributed by atoms with Crippen LogP contribution < -0.4 is 4.74 Å². The molecule has 0 bridgehead atoms.